The van der Waals surface area contributed by atoms with Crippen LogP contribution in [0.5, 0.6) is 5.75 Å². The Morgan fingerprint density at radius 2 is 1.58 bits per heavy atom. The Balaban J connectivity index is 0.825. The Morgan fingerprint density at radius 3 is 2.26 bits per heavy atom. The molecule has 4 aromatic rings. The number of anilines is 2. The number of fused-ring (bicyclic) bond motifs is 2. The lowest BCUT2D eigenvalue weighted by Gasteiger charge is -2.39. The molecule has 4 fully saturated rings. The first kappa shape index (κ1) is 36.7. The zero-order chi connectivity index (χ0) is 39.7. The van der Waals surface area contributed by atoms with Crippen molar-refractivity contribution in [2.75, 3.05) is 49.6 Å². The molecule has 15 nitrogen and oxygen atoms in total. The number of nitrogens with zero attached hydrogens (tertiary/aromatic N) is 7. The van der Waals surface area contributed by atoms with Crippen LogP contribution in [0.2, 0.25) is 0 Å². The first-order chi connectivity index (χ1) is 27.5. The minimum atomic E-state index is -1.31. The molecule has 3 aliphatic heterocycles. The minimum absolute atomic E-state index is 0.0140. The molecular weight excluding hydrogens is 735 g/mol. The zero-order valence-electron chi connectivity index (χ0n) is 31.6. The molecule has 1 atom stereocenters. The number of halogens is 1. The first-order valence-electron chi connectivity index (χ1n) is 19.6. The Bertz CT molecular complexity index is 2410. The second kappa shape index (κ2) is 14.2. The quantitative estimate of drug-likeness (QED) is 0.247. The predicted molar refractivity (Wildman–Crippen MR) is 206 cm³/mol. The maximum Gasteiger partial charge on any atom is 0.275 e. The van der Waals surface area contributed by atoms with Crippen LogP contribution in [0.3, 0.4) is 0 Å². The van der Waals surface area contributed by atoms with E-state index >= 15 is 4.39 Å². The second-order valence-electron chi connectivity index (χ2n) is 15.8. The van der Waals surface area contributed by atoms with E-state index in [2.05, 4.69) is 4.90 Å². The number of nitrogens with two attached hydrogens (primary N) is 1. The Hall–Kier alpha value is -5.90. The van der Waals surface area contributed by atoms with Crippen LogP contribution in [0, 0.1) is 11.7 Å². The van der Waals surface area contributed by atoms with Crippen LogP contribution in [-0.4, -0.2) is 99.6 Å². The van der Waals surface area contributed by atoms with Crippen molar-refractivity contribution in [3.8, 4) is 5.75 Å². The van der Waals surface area contributed by atoms with E-state index in [1.165, 1.54) is 23.8 Å². The van der Waals surface area contributed by atoms with Gasteiger partial charge in [0.2, 0.25) is 5.91 Å². The summed E-state index contributed by atoms with van der Waals surface area (Å²) in [5.74, 6) is -3.20. The molecule has 2 aromatic carbocycles. The third-order valence-electron chi connectivity index (χ3n) is 12.3. The number of methoxy groups -OCH3 is 1. The summed E-state index contributed by atoms with van der Waals surface area (Å²) in [7, 11) is 1.50. The molecule has 2 aliphatic carbocycles. The summed E-state index contributed by atoms with van der Waals surface area (Å²) in [5.41, 5.74) is 6.15. The number of piperazine rings is 1. The van der Waals surface area contributed by atoms with E-state index in [0.717, 1.165) is 71.8 Å². The number of aromatic nitrogens is 3. The Labute approximate surface area is 326 Å². The monoisotopic (exact) mass is 778 g/mol. The van der Waals surface area contributed by atoms with Gasteiger partial charge in [-0.15, -0.1) is 0 Å². The van der Waals surface area contributed by atoms with Crippen molar-refractivity contribution in [1.29, 1.82) is 0 Å². The lowest BCUT2D eigenvalue weighted by Crippen LogP contribution is -2.57. The van der Waals surface area contributed by atoms with Gasteiger partial charge in [-0.05, 0) is 81.2 Å². The molecule has 0 radical (unpaired) electrons. The average Bonchev–Trinajstić information content (AvgIpc) is 3.92. The smallest absolute Gasteiger partial charge is 0.275 e. The zero-order valence-corrected chi connectivity index (χ0v) is 31.6. The molecule has 2 saturated carbocycles. The third kappa shape index (κ3) is 6.45. The molecule has 2 aromatic heterocycles. The first-order valence-corrected chi connectivity index (χ1v) is 19.6. The van der Waals surface area contributed by atoms with E-state index in [0.29, 0.717) is 43.4 Å². The number of pyridine rings is 1. The molecular formula is C41H43FN8O7. The number of primary amides is 1. The van der Waals surface area contributed by atoms with Crippen LogP contribution in [0.4, 0.5) is 15.8 Å². The highest BCUT2D eigenvalue weighted by molar-refractivity contribution is 6.26. The number of hydrogen-bond donors (Lipinski definition) is 1. The number of hydrogen-bond acceptors (Lipinski definition) is 10. The molecule has 16 heteroatoms. The molecule has 57 heavy (non-hydrogen) atoms. The maximum atomic E-state index is 15.7. The number of imide groups is 2. The van der Waals surface area contributed by atoms with Gasteiger partial charge >= 0.3 is 0 Å². The minimum Gasteiger partial charge on any atom is -0.496 e. The number of carbonyl (C=O) groups is 5. The highest BCUT2D eigenvalue weighted by Gasteiger charge is 2.48. The van der Waals surface area contributed by atoms with Crippen molar-refractivity contribution < 1.29 is 33.1 Å². The summed E-state index contributed by atoms with van der Waals surface area (Å²) < 4.78 is 24.6. The molecule has 296 valence electrons. The topological polar surface area (TPSA) is 173 Å². The van der Waals surface area contributed by atoms with Gasteiger partial charge in [-0.25, -0.2) is 9.29 Å². The molecule has 2 N–H and O–H groups in total. The van der Waals surface area contributed by atoms with Crippen LogP contribution < -0.4 is 25.8 Å². The maximum absolute atomic E-state index is 15.7. The van der Waals surface area contributed by atoms with Gasteiger partial charge in [0.1, 0.15) is 23.3 Å². The van der Waals surface area contributed by atoms with Gasteiger partial charge in [0.15, 0.2) is 0 Å². The Kier molecular flexibility index (Phi) is 9.17. The van der Waals surface area contributed by atoms with E-state index in [1.807, 2.05) is 15.8 Å². The summed E-state index contributed by atoms with van der Waals surface area (Å²) in [6.07, 6.45) is 9.00. The standard InChI is InChI=1S/C41H43FN8O7/c1-57-35-20-31-24(17-29(35)37(43)52)22-48(44-31)26-6-4-23(5-7-26)21-45-13-15-46(16-14-45)34-19-28-27(18-30(34)42)38(53)50(39(28)54)33-10-11-36(51)49(41(33)56)32-3-2-12-47(40(32)55)25-8-9-25/h2-3,12,17-20,22-23,25-26,33H,4-11,13-16,21H2,1H3,(H2,43,52). The van der Waals surface area contributed by atoms with Gasteiger partial charge in [-0.3, -0.25) is 43.2 Å². The number of amides is 5. The average molecular weight is 779 g/mol. The van der Waals surface area contributed by atoms with Gasteiger partial charge in [0, 0.05) is 69.0 Å². The normalized spacial score (nSPS) is 23.1. The lowest BCUT2D eigenvalue weighted by atomic mass is 9.85. The summed E-state index contributed by atoms with van der Waals surface area (Å²) in [6, 6.07) is 7.91. The number of ether oxygens (including phenoxy) is 1. The van der Waals surface area contributed by atoms with Crippen LogP contribution in [0.1, 0.15) is 94.5 Å². The fourth-order valence-electron chi connectivity index (χ4n) is 9.11. The van der Waals surface area contributed by atoms with E-state index in [4.69, 9.17) is 15.6 Å². The molecule has 1 unspecified atom stereocenters. The van der Waals surface area contributed by atoms with Gasteiger partial charge < -0.3 is 19.9 Å². The largest absolute Gasteiger partial charge is 0.496 e. The summed E-state index contributed by atoms with van der Waals surface area (Å²) in [5, 5.41) is 5.62. The van der Waals surface area contributed by atoms with Gasteiger partial charge in [0.05, 0.1) is 41.0 Å². The van der Waals surface area contributed by atoms with Crippen LogP contribution in [0.25, 0.3) is 10.9 Å². The molecule has 5 aliphatic rings. The molecule has 2 saturated heterocycles. The van der Waals surface area contributed by atoms with E-state index in [9.17, 15) is 28.8 Å². The summed E-state index contributed by atoms with van der Waals surface area (Å²) in [6.45, 7) is 3.38. The van der Waals surface area contributed by atoms with Crippen molar-refractivity contribution in [3.63, 3.8) is 0 Å². The molecule has 0 bridgehead atoms. The van der Waals surface area contributed by atoms with Gasteiger partial charge in [0.25, 0.3) is 29.2 Å². The summed E-state index contributed by atoms with van der Waals surface area (Å²) >= 11 is 0. The number of benzene rings is 2. The molecule has 5 amide bonds. The summed E-state index contributed by atoms with van der Waals surface area (Å²) in [4.78, 5) is 85.4. The highest BCUT2D eigenvalue weighted by atomic mass is 19.1. The lowest BCUT2D eigenvalue weighted by molar-refractivity contribution is -0.132. The number of piperidine rings is 1. The van der Waals surface area contributed by atoms with Gasteiger partial charge in [-0.2, -0.15) is 5.10 Å². The highest BCUT2D eigenvalue weighted by Crippen LogP contribution is 2.37. The van der Waals surface area contributed by atoms with Crippen molar-refractivity contribution >= 4 is 51.8 Å². The van der Waals surface area contributed by atoms with Crippen LogP contribution in [-0.2, 0) is 9.59 Å². The van der Waals surface area contributed by atoms with Crippen LogP contribution >= 0.6 is 0 Å². The fourth-order valence-corrected chi connectivity index (χ4v) is 9.11. The van der Waals surface area contributed by atoms with E-state index in [1.54, 1.807) is 24.4 Å². The van der Waals surface area contributed by atoms with Gasteiger partial charge in [-0.1, -0.05) is 0 Å². The van der Waals surface area contributed by atoms with Crippen molar-refractivity contribution in [3.05, 3.63) is 81.7 Å². The van der Waals surface area contributed by atoms with Crippen molar-refractivity contribution in [2.45, 2.75) is 69.5 Å². The number of carbonyl (C=O) groups excluding carboxylic acids is 5. The second-order valence-corrected chi connectivity index (χ2v) is 15.8. The fraction of sp³-hybridized carbons (Fsp3) is 0.439. The SMILES string of the molecule is COc1cc2nn(C3CCC(CN4CCN(c5cc6c(cc5F)C(=O)N(C5CCC(=O)N(c7cccn(C8CC8)c7=O)C5=O)C6=O)CC4)CC3)cc2cc1C(N)=O. The third-order valence-corrected chi connectivity index (χ3v) is 12.3. The Morgan fingerprint density at radius 1 is 0.877 bits per heavy atom. The van der Waals surface area contributed by atoms with E-state index in [-0.39, 0.29) is 47.4 Å². The molecule has 5 heterocycles. The predicted octanol–water partition coefficient (Wildman–Crippen LogP) is 3.65. The van der Waals surface area contributed by atoms with Crippen LogP contribution in [0.15, 0.2) is 53.6 Å². The van der Waals surface area contributed by atoms with Crippen molar-refractivity contribution in [2.24, 2.45) is 11.7 Å². The molecule has 0 spiro atoms. The molecule has 9 rings (SSSR count). The van der Waals surface area contributed by atoms with Crippen molar-refractivity contribution in [1.82, 2.24) is 24.1 Å². The van der Waals surface area contributed by atoms with E-state index < -0.39 is 47.0 Å². The number of rotatable bonds is 9.